The molecule has 0 spiro atoms. The topological polar surface area (TPSA) is 50.8 Å². The lowest BCUT2D eigenvalue weighted by atomic mass is 10.1. The second kappa shape index (κ2) is 8.01. The molecule has 0 bridgehead atoms. The van der Waals surface area contributed by atoms with Crippen LogP contribution in [0.3, 0.4) is 0 Å². The maximum atomic E-state index is 12.7. The summed E-state index contributed by atoms with van der Waals surface area (Å²) in [5.74, 6) is 2.13. The zero-order valence-corrected chi connectivity index (χ0v) is 15.7. The van der Waals surface area contributed by atoms with Gasteiger partial charge in [0.2, 0.25) is 5.91 Å². The van der Waals surface area contributed by atoms with Gasteiger partial charge in [-0.3, -0.25) is 9.69 Å². The fraction of sp³-hybridized carbons (Fsp3) is 0.409. The Labute approximate surface area is 160 Å². The zero-order chi connectivity index (χ0) is 18.6. The molecule has 2 aliphatic rings. The van der Waals surface area contributed by atoms with Crippen molar-refractivity contribution in [2.75, 3.05) is 31.6 Å². The monoisotopic (exact) mass is 366 g/mol. The fourth-order valence-corrected chi connectivity index (χ4v) is 3.44. The van der Waals surface area contributed by atoms with Gasteiger partial charge in [0.25, 0.3) is 0 Å². The number of hydrogen-bond donors (Lipinski definition) is 1. The van der Waals surface area contributed by atoms with Gasteiger partial charge in [-0.25, -0.2) is 0 Å². The molecule has 0 radical (unpaired) electrons. The molecule has 1 heterocycles. The van der Waals surface area contributed by atoms with E-state index in [0.29, 0.717) is 25.5 Å². The van der Waals surface area contributed by atoms with E-state index in [9.17, 15) is 4.79 Å². The molecule has 2 aromatic carbocycles. The highest BCUT2D eigenvalue weighted by Crippen LogP contribution is 2.34. The van der Waals surface area contributed by atoms with Crippen molar-refractivity contribution in [2.45, 2.75) is 25.8 Å². The van der Waals surface area contributed by atoms with Crippen molar-refractivity contribution in [2.24, 2.45) is 5.92 Å². The molecule has 1 aliphatic heterocycles. The van der Waals surface area contributed by atoms with E-state index in [1.54, 1.807) is 0 Å². The summed E-state index contributed by atoms with van der Waals surface area (Å²) in [4.78, 5) is 15.0. The average molecular weight is 366 g/mol. The van der Waals surface area contributed by atoms with E-state index in [-0.39, 0.29) is 11.9 Å². The van der Waals surface area contributed by atoms with Crippen molar-refractivity contribution in [3.8, 4) is 11.5 Å². The van der Waals surface area contributed by atoms with E-state index in [2.05, 4.69) is 41.4 Å². The first-order chi connectivity index (χ1) is 13.2. The molecule has 2 aromatic rings. The molecular formula is C22H26N2O3. The Bertz CT molecular complexity index is 789. The molecule has 1 N–H and O–H groups in total. The van der Waals surface area contributed by atoms with Crippen LogP contribution in [0.4, 0.5) is 5.69 Å². The van der Waals surface area contributed by atoms with Gasteiger partial charge < -0.3 is 14.8 Å². The first-order valence-corrected chi connectivity index (χ1v) is 9.67. The highest BCUT2D eigenvalue weighted by Gasteiger charge is 2.28. The highest BCUT2D eigenvalue weighted by atomic mass is 16.6. The quantitative estimate of drug-likeness (QED) is 0.808. The summed E-state index contributed by atoms with van der Waals surface area (Å²) >= 11 is 0. The summed E-state index contributed by atoms with van der Waals surface area (Å²) in [7, 11) is 0. The van der Waals surface area contributed by atoms with Crippen molar-refractivity contribution in [3.05, 3.63) is 54.1 Å². The molecule has 1 fully saturated rings. The van der Waals surface area contributed by atoms with Gasteiger partial charge in [-0.15, -0.1) is 0 Å². The number of amides is 1. The maximum absolute atomic E-state index is 12.7. The van der Waals surface area contributed by atoms with Crippen molar-refractivity contribution in [3.63, 3.8) is 0 Å². The molecule has 1 aliphatic carbocycles. The molecule has 1 saturated carbocycles. The normalized spacial score (nSPS) is 16.8. The predicted octanol–water partition coefficient (Wildman–Crippen LogP) is 3.87. The lowest BCUT2D eigenvalue weighted by Crippen LogP contribution is -2.36. The van der Waals surface area contributed by atoms with Gasteiger partial charge in [0.1, 0.15) is 13.2 Å². The van der Waals surface area contributed by atoms with Crippen LogP contribution in [0.25, 0.3) is 0 Å². The number of fused-ring (bicyclic) bond motifs is 1. The number of nitrogens with one attached hydrogen (secondary N) is 1. The second-order valence-corrected chi connectivity index (χ2v) is 7.37. The Morgan fingerprint density at radius 3 is 2.59 bits per heavy atom. The lowest BCUT2D eigenvalue weighted by molar-refractivity contribution is -0.117. The standard InChI is InChI=1S/C22H26N2O3/c1-16(18-5-3-2-4-6-18)24(14-17-7-8-17)15-22(25)23-19-9-10-20-21(13-19)27-12-11-26-20/h2-6,9-10,13,16-17H,7-8,11-12,14-15H2,1H3,(H,23,25). The first-order valence-electron chi connectivity index (χ1n) is 9.67. The average Bonchev–Trinajstić information content (AvgIpc) is 3.51. The van der Waals surface area contributed by atoms with Crippen LogP contribution in [-0.2, 0) is 4.79 Å². The summed E-state index contributed by atoms with van der Waals surface area (Å²) in [6.45, 7) is 4.61. The molecule has 0 aromatic heterocycles. The Morgan fingerprint density at radius 1 is 1.11 bits per heavy atom. The van der Waals surface area contributed by atoms with Gasteiger partial charge in [-0.1, -0.05) is 30.3 Å². The third-order valence-electron chi connectivity index (χ3n) is 5.19. The summed E-state index contributed by atoms with van der Waals surface area (Å²) in [5, 5.41) is 3.01. The number of nitrogens with zero attached hydrogens (tertiary/aromatic N) is 1. The minimum absolute atomic E-state index is 0.00453. The van der Waals surface area contributed by atoms with E-state index in [4.69, 9.17) is 9.47 Å². The first kappa shape index (κ1) is 17.9. The molecular weight excluding hydrogens is 340 g/mol. The summed E-state index contributed by atoms with van der Waals surface area (Å²) in [5.41, 5.74) is 1.98. The molecule has 142 valence electrons. The number of carbonyl (C=O) groups is 1. The molecule has 1 atom stereocenters. The van der Waals surface area contributed by atoms with Gasteiger partial charge in [0.05, 0.1) is 6.54 Å². The van der Waals surface area contributed by atoms with Gasteiger partial charge in [0.15, 0.2) is 11.5 Å². The molecule has 5 nitrogen and oxygen atoms in total. The zero-order valence-electron chi connectivity index (χ0n) is 15.7. The molecule has 0 saturated heterocycles. The summed E-state index contributed by atoms with van der Waals surface area (Å²) < 4.78 is 11.1. The van der Waals surface area contributed by atoms with E-state index >= 15 is 0 Å². The van der Waals surface area contributed by atoms with Crippen molar-refractivity contribution in [1.82, 2.24) is 4.90 Å². The Hall–Kier alpha value is -2.53. The Kier molecular flexibility index (Phi) is 5.30. The number of carbonyl (C=O) groups excluding carboxylic acids is 1. The van der Waals surface area contributed by atoms with Gasteiger partial charge in [-0.05, 0) is 43.4 Å². The van der Waals surface area contributed by atoms with Gasteiger partial charge in [-0.2, -0.15) is 0 Å². The predicted molar refractivity (Wildman–Crippen MR) is 105 cm³/mol. The van der Waals surface area contributed by atoms with Crippen molar-refractivity contribution in [1.29, 1.82) is 0 Å². The lowest BCUT2D eigenvalue weighted by Gasteiger charge is -2.29. The van der Waals surface area contributed by atoms with Gasteiger partial charge in [0, 0.05) is 24.3 Å². The number of benzene rings is 2. The van der Waals surface area contributed by atoms with Crippen LogP contribution in [-0.4, -0.2) is 37.1 Å². The molecule has 5 heteroatoms. The summed E-state index contributed by atoms with van der Waals surface area (Å²) in [6, 6.07) is 16.1. The minimum atomic E-state index is -0.00453. The Balaban J connectivity index is 1.42. The van der Waals surface area contributed by atoms with Gasteiger partial charge >= 0.3 is 0 Å². The van der Waals surface area contributed by atoms with E-state index < -0.39 is 0 Å². The summed E-state index contributed by atoms with van der Waals surface area (Å²) in [6.07, 6.45) is 2.53. The van der Waals surface area contributed by atoms with Crippen molar-refractivity contribution >= 4 is 11.6 Å². The van der Waals surface area contributed by atoms with Crippen LogP contribution in [0.2, 0.25) is 0 Å². The number of rotatable bonds is 7. The van der Waals surface area contributed by atoms with E-state index in [1.165, 1.54) is 18.4 Å². The minimum Gasteiger partial charge on any atom is -0.486 e. The fourth-order valence-electron chi connectivity index (χ4n) is 3.44. The Morgan fingerprint density at radius 2 is 1.85 bits per heavy atom. The van der Waals surface area contributed by atoms with E-state index in [1.807, 2.05) is 24.3 Å². The maximum Gasteiger partial charge on any atom is 0.238 e. The van der Waals surface area contributed by atoms with Crippen LogP contribution in [0.15, 0.2) is 48.5 Å². The van der Waals surface area contributed by atoms with Crippen LogP contribution in [0.5, 0.6) is 11.5 Å². The third kappa shape index (κ3) is 4.61. The van der Waals surface area contributed by atoms with Crippen molar-refractivity contribution < 1.29 is 14.3 Å². The number of anilines is 1. The SMILES string of the molecule is CC(c1ccccc1)N(CC(=O)Nc1ccc2c(c1)OCCO2)CC1CC1. The largest absolute Gasteiger partial charge is 0.486 e. The van der Waals surface area contributed by atoms with Crippen LogP contribution in [0, 0.1) is 5.92 Å². The molecule has 1 amide bonds. The van der Waals surface area contributed by atoms with Crippen LogP contribution >= 0.6 is 0 Å². The third-order valence-corrected chi connectivity index (χ3v) is 5.19. The molecule has 4 rings (SSSR count). The van der Waals surface area contributed by atoms with Crippen LogP contribution < -0.4 is 14.8 Å². The number of hydrogen-bond acceptors (Lipinski definition) is 4. The highest BCUT2D eigenvalue weighted by molar-refractivity contribution is 5.92. The second-order valence-electron chi connectivity index (χ2n) is 7.37. The van der Waals surface area contributed by atoms with E-state index in [0.717, 1.165) is 23.9 Å². The molecule has 27 heavy (non-hydrogen) atoms. The van der Waals surface area contributed by atoms with Crippen LogP contribution in [0.1, 0.15) is 31.4 Å². The molecule has 1 unspecified atom stereocenters. The number of ether oxygens (including phenoxy) is 2. The smallest absolute Gasteiger partial charge is 0.238 e.